The van der Waals surface area contributed by atoms with Gasteiger partial charge in [-0.2, -0.15) is 0 Å². The molecule has 0 bridgehead atoms. The van der Waals surface area contributed by atoms with E-state index >= 15 is 0 Å². The van der Waals surface area contributed by atoms with Crippen LogP contribution in [-0.4, -0.2) is 71.6 Å². The van der Waals surface area contributed by atoms with E-state index in [0.717, 1.165) is 22.8 Å². The highest BCUT2D eigenvalue weighted by Crippen LogP contribution is 2.35. The van der Waals surface area contributed by atoms with Crippen molar-refractivity contribution >= 4 is 15.5 Å². The molecule has 7 heteroatoms. The molecule has 3 atom stereocenters. The maximum atomic E-state index is 11.8. The molecule has 0 radical (unpaired) electrons. The Hall–Kier alpha value is -2.22. The number of hydrogen-bond donors (Lipinski definition) is 0. The number of fused-ring (bicyclic) bond motifs is 1. The summed E-state index contributed by atoms with van der Waals surface area (Å²) >= 11 is 0. The zero-order chi connectivity index (χ0) is 27.9. The minimum atomic E-state index is -3.21. The van der Waals surface area contributed by atoms with Crippen LogP contribution in [0.25, 0.3) is 16.9 Å². The monoisotopic (exact) mass is 550 g/mol. The Morgan fingerprint density at radius 2 is 1.74 bits per heavy atom. The minimum absolute atomic E-state index is 0.334. The molecule has 0 spiro atoms. The first-order valence-electron chi connectivity index (χ1n) is 14.8. The Morgan fingerprint density at radius 3 is 2.36 bits per heavy atom. The number of aryl methyl sites for hydroxylation is 1. The highest BCUT2D eigenvalue weighted by atomic mass is 32.2. The van der Waals surface area contributed by atoms with Crippen molar-refractivity contribution in [2.75, 3.05) is 25.9 Å². The van der Waals surface area contributed by atoms with Crippen LogP contribution in [0, 0.1) is 12.8 Å². The van der Waals surface area contributed by atoms with E-state index in [1.165, 1.54) is 69.1 Å². The van der Waals surface area contributed by atoms with Crippen LogP contribution < -0.4 is 0 Å². The summed E-state index contributed by atoms with van der Waals surface area (Å²) in [4.78, 5) is 10.8. The van der Waals surface area contributed by atoms with Crippen LogP contribution in [0.1, 0.15) is 76.8 Å². The molecule has 2 aliphatic rings. The summed E-state index contributed by atoms with van der Waals surface area (Å²) < 4.78 is 25.8. The average Bonchev–Trinajstić information content (AvgIpc) is 3.34. The van der Waals surface area contributed by atoms with Crippen LogP contribution in [0.5, 0.6) is 0 Å². The lowest BCUT2D eigenvalue weighted by Crippen LogP contribution is -2.55. The van der Waals surface area contributed by atoms with Gasteiger partial charge in [0.1, 0.15) is 5.65 Å². The van der Waals surface area contributed by atoms with Crippen molar-refractivity contribution in [3.8, 4) is 11.3 Å². The van der Waals surface area contributed by atoms with Gasteiger partial charge in [0.05, 0.1) is 10.6 Å². The van der Waals surface area contributed by atoms with Crippen molar-refractivity contribution < 1.29 is 8.42 Å². The molecule has 2 aliphatic heterocycles. The number of nitrogens with zero attached hydrogens (tertiary/aromatic N) is 4. The van der Waals surface area contributed by atoms with E-state index < -0.39 is 9.84 Å². The zero-order valence-electron chi connectivity index (χ0n) is 24.6. The molecule has 212 valence electrons. The predicted octanol–water partition coefficient (Wildman–Crippen LogP) is 6.18. The zero-order valence-corrected chi connectivity index (χ0v) is 25.4. The fourth-order valence-electron chi connectivity index (χ4n) is 7.01. The predicted molar refractivity (Wildman–Crippen MR) is 160 cm³/mol. The standard InChI is InChI=1S/C32H46N4O2S/c1-7-28-18-29(17-24(5)36(28)19-22(2)3)34-14-12-25(13-15-34)27-16-23(4)32-33-31(21-35(32)20-27)26-8-10-30(11-9-26)39(6,37)38/h8-11,16,20-22,24-25,28-29H,7,12-15,17-19H2,1-6H3. The lowest BCUT2D eigenvalue weighted by molar-refractivity contribution is 0.0113. The molecule has 0 N–H and O–H groups in total. The van der Waals surface area contributed by atoms with Gasteiger partial charge in [-0.1, -0.05) is 39.0 Å². The summed E-state index contributed by atoms with van der Waals surface area (Å²) in [6.45, 7) is 15.2. The molecule has 0 amide bonds. The molecule has 2 fully saturated rings. The molecule has 2 saturated heterocycles. The van der Waals surface area contributed by atoms with Crippen LogP contribution in [0.2, 0.25) is 0 Å². The molecule has 5 rings (SSSR count). The Balaban J connectivity index is 1.27. The molecular weight excluding hydrogens is 504 g/mol. The molecule has 4 heterocycles. The summed E-state index contributed by atoms with van der Waals surface area (Å²) in [6, 6.07) is 11.4. The van der Waals surface area contributed by atoms with Crippen molar-refractivity contribution in [1.29, 1.82) is 0 Å². The van der Waals surface area contributed by atoms with Crippen LogP contribution in [-0.2, 0) is 9.84 Å². The third-order valence-electron chi connectivity index (χ3n) is 9.09. The van der Waals surface area contributed by atoms with Gasteiger partial charge in [-0.15, -0.1) is 0 Å². The lowest BCUT2D eigenvalue weighted by atomic mass is 9.85. The quantitative estimate of drug-likeness (QED) is 0.352. The first-order chi connectivity index (χ1) is 18.5. The molecular formula is C32H46N4O2S. The van der Waals surface area contributed by atoms with Gasteiger partial charge in [0.25, 0.3) is 0 Å². The van der Waals surface area contributed by atoms with E-state index in [1.54, 1.807) is 12.1 Å². The minimum Gasteiger partial charge on any atom is -0.306 e. The van der Waals surface area contributed by atoms with Gasteiger partial charge in [0.2, 0.25) is 0 Å². The molecule has 3 aromatic rings. The second kappa shape index (κ2) is 11.3. The fourth-order valence-corrected chi connectivity index (χ4v) is 7.64. The van der Waals surface area contributed by atoms with Gasteiger partial charge >= 0.3 is 0 Å². The van der Waals surface area contributed by atoms with Crippen molar-refractivity contribution in [3.63, 3.8) is 0 Å². The van der Waals surface area contributed by atoms with Crippen LogP contribution in [0.4, 0.5) is 0 Å². The number of benzene rings is 1. The Labute approximate surface area is 235 Å². The second-order valence-electron chi connectivity index (χ2n) is 12.5. The van der Waals surface area contributed by atoms with E-state index in [-0.39, 0.29) is 0 Å². The maximum absolute atomic E-state index is 11.8. The average molecular weight is 551 g/mol. The molecule has 1 aromatic carbocycles. The van der Waals surface area contributed by atoms with Crippen LogP contribution >= 0.6 is 0 Å². The van der Waals surface area contributed by atoms with Crippen LogP contribution in [0.3, 0.4) is 0 Å². The van der Waals surface area contributed by atoms with Gasteiger partial charge in [0, 0.05) is 48.9 Å². The van der Waals surface area contributed by atoms with Gasteiger partial charge in [-0.25, -0.2) is 13.4 Å². The van der Waals surface area contributed by atoms with Gasteiger partial charge in [-0.05, 0) is 94.1 Å². The van der Waals surface area contributed by atoms with Crippen molar-refractivity contribution in [2.45, 2.75) is 95.7 Å². The molecule has 6 nitrogen and oxygen atoms in total. The number of imidazole rings is 1. The molecule has 0 saturated carbocycles. The highest BCUT2D eigenvalue weighted by Gasteiger charge is 2.36. The van der Waals surface area contributed by atoms with E-state index in [4.69, 9.17) is 4.98 Å². The maximum Gasteiger partial charge on any atom is 0.175 e. The topological polar surface area (TPSA) is 57.9 Å². The summed E-state index contributed by atoms with van der Waals surface area (Å²) in [5.41, 5.74) is 5.35. The number of hydrogen-bond acceptors (Lipinski definition) is 5. The number of sulfone groups is 1. The summed E-state index contributed by atoms with van der Waals surface area (Å²) in [5, 5.41) is 0. The summed E-state index contributed by atoms with van der Waals surface area (Å²) in [5.74, 6) is 1.30. The van der Waals surface area contributed by atoms with E-state index in [0.29, 0.717) is 28.9 Å². The lowest BCUT2D eigenvalue weighted by Gasteiger charge is -2.49. The number of rotatable bonds is 7. The van der Waals surface area contributed by atoms with E-state index in [2.05, 4.69) is 67.3 Å². The first kappa shape index (κ1) is 28.3. The summed E-state index contributed by atoms with van der Waals surface area (Å²) in [6.07, 6.45) is 11.8. The molecule has 39 heavy (non-hydrogen) atoms. The largest absolute Gasteiger partial charge is 0.306 e. The Kier molecular flexibility index (Phi) is 8.23. The van der Waals surface area contributed by atoms with Crippen LogP contribution in [0.15, 0.2) is 47.6 Å². The van der Waals surface area contributed by atoms with E-state index in [9.17, 15) is 8.42 Å². The molecule has 0 aliphatic carbocycles. The van der Waals surface area contributed by atoms with Gasteiger partial charge < -0.3 is 9.30 Å². The third-order valence-corrected chi connectivity index (χ3v) is 10.2. The van der Waals surface area contributed by atoms with Crippen molar-refractivity contribution in [2.24, 2.45) is 5.92 Å². The smallest absolute Gasteiger partial charge is 0.175 e. The SMILES string of the molecule is CCC1CC(N2CCC(c3cc(C)c4nc(-c5ccc(S(C)(=O)=O)cc5)cn4c3)CC2)CC(C)N1CC(C)C. The van der Waals surface area contributed by atoms with E-state index in [1.807, 2.05) is 12.1 Å². The number of likely N-dealkylation sites (tertiary alicyclic amines) is 2. The number of piperidine rings is 2. The second-order valence-corrected chi connectivity index (χ2v) is 14.6. The summed E-state index contributed by atoms with van der Waals surface area (Å²) in [7, 11) is -3.21. The van der Waals surface area contributed by atoms with Gasteiger partial charge in [-0.3, -0.25) is 4.90 Å². The highest BCUT2D eigenvalue weighted by molar-refractivity contribution is 7.90. The van der Waals surface area contributed by atoms with Crippen molar-refractivity contribution in [1.82, 2.24) is 19.2 Å². The molecule has 2 aromatic heterocycles. The van der Waals surface area contributed by atoms with Gasteiger partial charge in [0.15, 0.2) is 9.84 Å². The number of pyridine rings is 1. The normalized spacial score (nSPS) is 24.1. The Bertz CT molecular complexity index is 1390. The number of aromatic nitrogens is 2. The Morgan fingerprint density at radius 1 is 1.05 bits per heavy atom. The third kappa shape index (κ3) is 6.10. The first-order valence-corrected chi connectivity index (χ1v) is 16.7. The molecule has 3 unspecified atom stereocenters. The fraction of sp³-hybridized carbons (Fsp3) is 0.594. The van der Waals surface area contributed by atoms with Crippen molar-refractivity contribution in [3.05, 3.63) is 53.9 Å².